The van der Waals surface area contributed by atoms with Gasteiger partial charge >= 0.3 is 6.18 Å². The van der Waals surface area contributed by atoms with Gasteiger partial charge in [-0.25, -0.2) is 4.39 Å². The van der Waals surface area contributed by atoms with E-state index in [1.165, 1.54) is 18.2 Å². The zero-order valence-electron chi connectivity index (χ0n) is 18.6. The van der Waals surface area contributed by atoms with Crippen LogP contribution in [0.15, 0.2) is 48.5 Å². The second-order valence-electron chi connectivity index (χ2n) is 8.46. The number of piperazine rings is 2. The highest BCUT2D eigenvalue weighted by Crippen LogP contribution is 2.29. The topological polar surface area (TPSA) is 47.1 Å². The number of carbonyl (C=O) groups excluding carboxylic acids is 2. The van der Waals surface area contributed by atoms with E-state index in [-0.39, 0.29) is 29.7 Å². The first-order chi connectivity index (χ1) is 16.2. The highest BCUT2D eigenvalue weighted by Gasteiger charge is 2.31. The Morgan fingerprint density at radius 3 is 1.94 bits per heavy atom. The van der Waals surface area contributed by atoms with Gasteiger partial charge in [0.1, 0.15) is 5.82 Å². The van der Waals surface area contributed by atoms with Crippen molar-refractivity contribution in [3.05, 3.63) is 65.5 Å². The molecule has 2 aromatic rings. The number of hydrogen-bond donors (Lipinski definition) is 0. The molecule has 2 fully saturated rings. The molecular weight excluding hydrogens is 452 g/mol. The van der Waals surface area contributed by atoms with Gasteiger partial charge in [0.05, 0.1) is 17.8 Å². The van der Waals surface area contributed by atoms with Gasteiger partial charge in [0.2, 0.25) is 5.91 Å². The number of amides is 2. The van der Waals surface area contributed by atoms with Gasteiger partial charge in [-0.3, -0.25) is 14.5 Å². The lowest BCUT2D eigenvalue weighted by atomic mass is 10.1. The number of benzene rings is 2. The lowest BCUT2D eigenvalue weighted by molar-refractivity contribution is -0.137. The Kier molecular flexibility index (Phi) is 7.06. The maximum Gasteiger partial charge on any atom is 0.416 e. The van der Waals surface area contributed by atoms with Crippen molar-refractivity contribution >= 4 is 17.5 Å². The molecule has 0 bridgehead atoms. The highest BCUT2D eigenvalue weighted by atomic mass is 19.4. The van der Waals surface area contributed by atoms with Crippen molar-refractivity contribution in [3.63, 3.8) is 0 Å². The molecule has 6 nitrogen and oxygen atoms in total. The van der Waals surface area contributed by atoms with Crippen molar-refractivity contribution in [1.29, 1.82) is 0 Å². The zero-order chi connectivity index (χ0) is 24.3. The first-order valence-corrected chi connectivity index (χ1v) is 11.2. The quantitative estimate of drug-likeness (QED) is 0.635. The number of rotatable bonds is 4. The molecule has 4 rings (SSSR count). The van der Waals surface area contributed by atoms with Crippen molar-refractivity contribution in [2.24, 2.45) is 0 Å². The molecule has 0 unspecified atom stereocenters. The van der Waals surface area contributed by atoms with Gasteiger partial charge in [0.15, 0.2) is 0 Å². The van der Waals surface area contributed by atoms with E-state index in [0.717, 1.165) is 12.1 Å². The summed E-state index contributed by atoms with van der Waals surface area (Å²) >= 11 is 0. The molecule has 0 aromatic heterocycles. The molecule has 10 heteroatoms. The molecule has 2 aliphatic rings. The van der Waals surface area contributed by atoms with E-state index in [2.05, 4.69) is 0 Å². The van der Waals surface area contributed by atoms with Crippen molar-refractivity contribution in [3.8, 4) is 0 Å². The molecule has 0 N–H and O–H groups in total. The minimum absolute atomic E-state index is 0.00398. The van der Waals surface area contributed by atoms with Crippen LogP contribution in [0.5, 0.6) is 0 Å². The third-order valence-corrected chi connectivity index (χ3v) is 6.30. The fourth-order valence-corrected chi connectivity index (χ4v) is 4.29. The molecule has 2 aliphatic heterocycles. The molecule has 0 radical (unpaired) electrons. The number of nitrogens with zero attached hydrogens (tertiary/aromatic N) is 4. The molecule has 2 amide bonds. The van der Waals surface area contributed by atoms with E-state index in [9.17, 15) is 27.2 Å². The minimum atomic E-state index is -4.44. The Hall–Kier alpha value is -3.14. The van der Waals surface area contributed by atoms with Crippen LogP contribution >= 0.6 is 0 Å². The summed E-state index contributed by atoms with van der Waals surface area (Å²) < 4.78 is 52.2. The second-order valence-corrected chi connectivity index (χ2v) is 8.46. The molecule has 182 valence electrons. The van der Waals surface area contributed by atoms with Crippen LogP contribution in [-0.2, 0) is 11.0 Å². The normalized spacial score (nSPS) is 17.7. The predicted octanol–water partition coefficient (Wildman–Crippen LogP) is 2.95. The monoisotopic (exact) mass is 478 g/mol. The maximum atomic E-state index is 14.0. The SMILES string of the molecule is O=C(CN1CCN(C(=O)c2ccc(C(F)(F)F)cc2)CC1)N1CCN(c2ccccc2F)CC1. The Morgan fingerprint density at radius 1 is 0.765 bits per heavy atom. The predicted molar refractivity (Wildman–Crippen MR) is 119 cm³/mol. The molecule has 0 spiro atoms. The van der Waals surface area contributed by atoms with Gasteiger partial charge < -0.3 is 14.7 Å². The average molecular weight is 478 g/mol. The molecule has 0 aliphatic carbocycles. The van der Waals surface area contributed by atoms with Crippen molar-refractivity contribution in [2.45, 2.75) is 6.18 Å². The van der Waals surface area contributed by atoms with Crippen LogP contribution in [0.25, 0.3) is 0 Å². The summed E-state index contributed by atoms with van der Waals surface area (Å²) in [6.07, 6.45) is -4.44. The number of para-hydroxylation sites is 1. The molecule has 34 heavy (non-hydrogen) atoms. The zero-order valence-corrected chi connectivity index (χ0v) is 18.6. The Balaban J connectivity index is 1.23. The molecular formula is C24H26F4N4O2. The molecule has 2 saturated heterocycles. The van der Waals surface area contributed by atoms with Crippen LogP contribution in [-0.4, -0.2) is 85.4 Å². The van der Waals surface area contributed by atoms with Crippen LogP contribution in [0.3, 0.4) is 0 Å². The van der Waals surface area contributed by atoms with Crippen LogP contribution in [0.1, 0.15) is 15.9 Å². The lowest BCUT2D eigenvalue weighted by Gasteiger charge is -2.38. The Labute approximate surface area is 195 Å². The summed E-state index contributed by atoms with van der Waals surface area (Å²) in [4.78, 5) is 32.7. The summed E-state index contributed by atoms with van der Waals surface area (Å²) in [5.74, 6) is -0.592. The Morgan fingerprint density at radius 2 is 1.35 bits per heavy atom. The van der Waals surface area contributed by atoms with Crippen molar-refractivity contribution < 1.29 is 27.2 Å². The van der Waals surface area contributed by atoms with E-state index in [1.807, 2.05) is 9.80 Å². The van der Waals surface area contributed by atoms with E-state index in [4.69, 9.17) is 0 Å². The van der Waals surface area contributed by atoms with E-state index >= 15 is 0 Å². The Bertz CT molecular complexity index is 1010. The van der Waals surface area contributed by atoms with Gasteiger partial charge in [-0.05, 0) is 36.4 Å². The first kappa shape index (κ1) is 24.0. The summed E-state index contributed by atoms with van der Waals surface area (Å²) in [6, 6.07) is 10.8. The third kappa shape index (κ3) is 5.49. The van der Waals surface area contributed by atoms with E-state index in [1.54, 1.807) is 28.0 Å². The fraction of sp³-hybridized carbons (Fsp3) is 0.417. The van der Waals surface area contributed by atoms with E-state index in [0.29, 0.717) is 58.0 Å². The van der Waals surface area contributed by atoms with Crippen LogP contribution < -0.4 is 4.90 Å². The van der Waals surface area contributed by atoms with Gasteiger partial charge in [-0.15, -0.1) is 0 Å². The highest BCUT2D eigenvalue weighted by molar-refractivity contribution is 5.94. The van der Waals surface area contributed by atoms with Gasteiger partial charge in [-0.1, -0.05) is 12.1 Å². The smallest absolute Gasteiger partial charge is 0.366 e. The summed E-state index contributed by atoms with van der Waals surface area (Å²) in [5, 5.41) is 0. The number of carbonyl (C=O) groups is 2. The summed E-state index contributed by atoms with van der Waals surface area (Å²) in [5.41, 5.74) is -0.0317. The third-order valence-electron chi connectivity index (χ3n) is 6.30. The van der Waals surface area contributed by atoms with Gasteiger partial charge in [0, 0.05) is 57.9 Å². The largest absolute Gasteiger partial charge is 0.416 e. The van der Waals surface area contributed by atoms with E-state index < -0.39 is 11.7 Å². The number of hydrogen-bond acceptors (Lipinski definition) is 4. The van der Waals surface area contributed by atoms with Crippen LogP contribution in [0.2, 0.25) is 0 Å². The molecule has 0 atom stereocenters. The van der Waals surface area contributed by atoms with Crippen molar-refractivity contribution in [1.82, 2.24) is 14.7 Å². The summed E-state index contributed by atoms with van der Waals surface area (Å²) in [7, 11) is 0. The number of alkyl halides is 3. The van der Waals surface area contributed by atoms with Gasteiger partial charge in [0.25, 0.3) is 5.91 Å². The molecule has 0 saturated carbocycles. The maximum absolute atomic E-state index is 14.0. The molecule has 2 aromatic carbocycles. The van der Waals surface area contributed by atoms with Crippen LogP contribution in [0, 0.1) is 5.82 Å². The number of anilines is 1. The minimum Gasteiger partial charge on any atom is -0.366 e. The van der Waals surface area contributed by atoms with Crippen LogP contribution in [0.4, 0.5) is 23.2 Å². The van der Waals surface area contributed by atoms with Gasteiger partial charge in [-0.2, -0.15) is 13.2 Å². The van der Waals surface area contributed by atoms with Crippen molar-refractivity contribution in [2.75, 3.05) is 63.8 Å². The standard InChI is InChI=1S/C24H26F4N4O2/c25-20-3-1-2-4-21(20)30-13-15-31(16-14-30)22(33)17-29-9-11-32(12-10-29)23(34)18-5-7-19(8-6-18)24(26,27)28/h1-8H,9-17H2. The first-order valence-electron chi connectivity index (χ1n) is 11.2. The second kappa shape index (κ2) is 10.0. The average Bonchev–Trinajstić information content (AvgIpc) is 2.84. The lowest BCUT2D eigenvalue weighted by Crippen LogP contribution is -2.54. The number of halogens is 4. The summed E-state index contributed by atoms with van der Waals surface area (Å²) in [6.45, 7) is 4.19. The molecule has 2 heterocycles. The fourth-order valence-electron chi connectivity index (χ4n) is 4.29.